The molecule has 0 amide bonds. The fourth-order valence-corrected chi connectivity index (χ4v) is 2.58. The van der Waals surface area contributed by atoms with E-state index >= 15 is 0 Å². The lowest BCUT2D eigenvalue weighted by atomic mass is 10.2. The molecule has 1 N–H and O–H groups in total. The molecule has 0 aromatic carbocycles. The summed E-state index contributed by atoms with van der Waals surface area (Å²) in [6, 6.07) is 2.66. The Morgan fingerprint density at radius 3 is 2.84 bits per heavy atom. The summed E-state index contributed by atoms with van der Waals surface area (Å²) >= 11 is 0. The number of aromatic nitrogens is 2. The lowest BCUT2D eigenvalue weighted by molar-refractivity contribution is 0.314. The first kappa shape index (κ1) is 14.1. The molecule has 1 unspecified atom stereocenters. The van der Waals surface area contributed by atoms with E-state index in [2.05, 4.69) is 46.1 Å². The van der Waals surface area contributed by atoms with Gasteiger partial charge in [-0.3, -0.25) is 0 Å². The van der Waals surface area contributed by atoms with E-state index in [0.29, 0.717) is 6.04 Å². The van der Waals surface area contributed by atoms with E-state index in [1.165, 1.54) is 19.4 Å². The zero-order chi connectivity index (χ0) is 13.8. The van der Waals surface area contributed by atoms with E-state index < -0.39 is 0 Å². The Morgan fingerprint density at radius 2 is 2.26 bits per heavy atom. The van der Waals surface area contributed by atoms with Crippen LogP contribution < -0.4 is 10.2 Å². The van der Waals surface area contributed by atoms with Crippen LogP contribution in [0.25, 0.3) is 0 Å². The number of nitrogens with one attached hydrogen (secondary N) is 1. The van der Waals surface area contributed by atoms with Crippen molar-refractivity contribution in [1.82, 2.24) is 14.9 Å². The van der Waals surface area contributed by atoms with Gasteiger partial charge >= 0.3 is 0 Å². The Bertz CT molecular complexity index is 398. The Kier molecular flexibility index (Phi) is 4.58. The van der Waals surface area contributed by atoms with Crippen LogP contribution in [-0.4, -0.2) is 55.1 Å². The predicted molar refractivity (Wildman–Crippen MR) is 79.9 cm³/mol. The molecule has 0 spiro atoms. The van der Waals surface area contributed by atoms with Crippen molar-refractivity contribution >= 4 is 11.6 Å². The number of hydrogen-bond acceptors (Lipinski definition) is 5. The Morgan fingerprint density at radius 1 is 1.47 bits per heavy atom. The van der Waals surface area contributed by atoms with E-state index in [-0.39, 0.29) is 0 Å². The highest BCUT2D eigenvalue weighted by atomic mass is 15.2. The largest absolute Gasteiger partial charge is 0.373 e. The van der Waals surface area contributed by atoms with Gasteiger partial charge in [-0.25, -0.2) is 9.97 Å². The van der Waals surface area contributed by atoms with Gasteiger partial charge in [0.1, 0.15) is 17.5 Å². The minimum absolute atomic E-state index is 0.642. The number of anilines is 2. The standard InChI is InChI=1S/C14H25N5/c1-5-12-16-13(15-2)9-14(17-12)19(4)10-11-7-6-8-18(11)3/h9,11H,5-8,10H2,1-4H3,(H,15,16,17). The molecule has 5 heteroatoms. The molecule has 1 aromatic heterocycles. The fraction of sp³-hybridized carbons (Fsp3) is 0.714. The second kappa shape index (κ2) is 6.19. The zero-order valence-electron chi connectivity index (χ0n) is 12.5. The van der Waals surface area contributed by atoms with Crippen molar-refractivity contribution in [3.63, 3.8) is 0 Å². The molecule has 0 radical (unpaired) electrons. The van der Waals surface area contributed by atoms with E-state index in [1.807, 2.05) is 13.1 Å². The minimum atomic E-state index is 0.642. The normalized spacial score (nSPS) is 19.7. The van der Waals surface area contributed by atoms with Gasteiger partial charge < -0.3 is 15.1 Å². The molecule has 2 rings (SSSR count). The maximum atomic E-state index is 4.62. The number of likely N-dealkylation sites (N-methyl/N-ethyl adjacent to an activating group) is 2. The highest BCUT2D eigenvalue weighted by Crippen LogP contribution is 2.20. The molecule has 1 fully saturated rings. The smallest absolute Gasteiger partial charge is 0.134 e. The van der Waals surface area contributed by atoms with E-state index in [0.717, 1.165) is 30.4 Å². The third-order valence-electron chi connectivity index (χ3n) is 3.88. The lowest BCUT2D eigenvalue weighted by Gasteiger charge is -2.27. The summed E-state index contributed by atoms with van der Waals surface area (Å²) in [5.41, 5.74) is 0. The third kappa shape index (κ3) is 3.35. The summed E-state index contributed by atoms with van der Waals surface area (Å²) in [6.07, 6.45) is 3.45. The fourth-order valence-electron chi connectivity index (χ4n) is 2.58. The SMILES string of the molecule is CCc1nc(NC)cc(N(C)CC2CCCN2C)n1. The Labute approximate surface area is 116 Å². The zero-order valence-corrected chi connectivity index (χ0v) is 12.5. The van der Waals surface area contributed by atoms with Crippen molar-refractivity contribution in [2.75, 3.05) is 44.4 Å². The lowest BCUT2D eigenvalue weighted by Crippen LogP contribution is -2.37. The molecule has 0 aliphatic carbocycles. The summed E-state index contributed by atoms with van der Waals surface area (Å²) in [4.78, 5) is 13.7. The molecule has 106 valence electrons. The summed E-state index contributed by atoms with van der Waals surface area (Å²) in [6.45, 7) is 4.33. The molecule has 1 aliphatic rings. The average molecular weight is 263 g/mol. The molecule has 0 bridgehead atoms. The van der Waals surface area contributed by atoms with Crippen LogP contribution in [0.15, 0.2) is 6.07 Å². The van der Waals surface area contributed by atoms with Gasteiger partial charge in [0.2, 0.25) is 0 Å². The maximum Gasteiger partial charge on any atom is 0.134 e. The van der Waals surface area contributed by atoms with Crippen molar-refractivity contribution in [3.05, 3.63) is 11.9 Å². The van der Waals surface area contributed by atoms with E-state index in [4.69, 9.17) is 0 Å². The highest BCUT2D eigenvalue weighted by Gasteiger charge is 2.22. The Hall–Kier alpha value is -1.36. The van der Waals surface area contributed by atoms with Crippen molar-refractivity contribution in [3.8, 4) is 0 Å². The molecule has 5 nitrogen and oxygen atoms in total. The van der Waals surface area contributed by atoms with Crippen LogP contribution in [0.2, 0.25) is 0 Å². The molecule has 19 heavy (non-hydrogen) atoms. The number of rotatable bonds is 5. The molecular weight excluding hydrogens is 238 g/mol. The number of nitrogens with zero attached hydrogens (tertiary/aromatic N) is 4. The second-order valence-electron chi connectivity index (χ2n) is 5.29. The third-order valence-corrected chi connectivity index (χ3v) is 3.88. The topological polar surface area (TPSA) is 44.3 Å². The average Bonchev–Trinajstić information content (AvgIpc) is 2.83. The van der Waals surface area contributed by atoms with Crippen LogP contribution in [-0.2, 0) is 6.42 Å². The van der Waals surface area contributed by atoms with Gasteiger partial charge in [-0.15, -0.1) is 0 Å². The first-order valence-electron chi connectivity index (χ1n) is 7.11. The number of hydrogen-bond donors (Lipinski definition) is 1. The first-order valence-corrected chi connectivity index (χ1v) is 7.11. The van der Waals surface area contributed by atoms with Gasteiger partial charge in [-0.05, 0) is 26.4 Å². The molecule has 1 atom stereocenters. The Balaban J connectivity index is 2.11. The van der Waals surface area contributed by atoms with Crippen LogP contribution in [0.1, 0.15) is 25.6 Å². The molecular formula is C14H25N5. The highest BCUT2D eigenvalue weighted by molar-refractivity contribution is 5.48. The quantitative estimate of drug-likeness (QED) is 0.874. The summed E-state index contributed by atoms with van der Waals surface area (Å²) in [5, 5.41) is 3.11. The van der Waals surface area contributed by atoms with Crippen LogP contribution >= 0.6 is 0 Å². The summed E-state index contributed by atoms with van der Waals surface area (Å²) in [5.74, 6) is 2.80. The van der Waals surface area contributed by atoms with Gasteiger partial charge in [-0.1, -0.05) is 6.92 Å². The number of likely N-dealkylation sites (tertiary alicyclic amines) is 1. The van der Waals surface area contributed by atoms with Crippen LogP contribution in [0.5, 0.6) is 0 Å². The molecule has 1 aliphatic heterocycles. The van der Waals surface area contributed by atoms with Gasteiger partial charge in [0.05, 0.1) is 0 Å². The molecule has 2 heterocycles. The number of aryl methyl sites for hydroxylation is 1. The van der Waals surface area contributed by atoms with Gasteiger partial charge in [0, 0.05) is 39.2 Å². The van der Waals surface area contributed by atoms with Gasteiger partial charge in [0.15, 0.2) is 0 Å². The maximum absolute atomic E-state index is 4.62. The first-order chi connectivity index (χ1) is 9.13. The van der Waals surface area contributed by atoms with Crippen LogP contribution in [0, 0.1) is 0 Å². The van der Waals surface area contributed by atoms with Crippen LogP contribution in [0.3, 0.4) is 0 Å². The van der Waals surface area contributed by atoms with Crippen molar-refractivity contribution < 1.29 is 0 Å². The van der Waals surface area contributed by atoms with Gasteiger partial charge in [-0.2, -0.15) is 0 Å². The van der Waals surface area contributed by atoms with Crippen molar-refractivity contribution in [2.45, 2.75) is 32.2 Å². The molecule has 0 saturated carbocycles. The predicted octanol–water partition coefficient (Wildman–Crippen LogP) is 1.61. The monoisotopic (exact) mass is 263 g/mol. The van der Waals surface area contributed by atoms with Crippen molar-refractivity contribution in [1.29, 1.82) is 0 Å². The molecule has 1 saturated heterocycles. The van der Waals surface area contributed by atoms with Crippen molar-refractivity contribution in [2.24, 2.45) is 0 Å². The minimum Gasteiger partial charge on any atom is -0.373 e. The van der Waals surface area contributed by atoms with Crippen LogP contribution in [0.4, 0.5) is 11.6 Å². The second-order valence-corrected chi connectivity index (χ2v) is 5.29. The molecule has 1 aromatic rings. The van der Waals surface area contributed by atoms with Gasteiger partial charge in [0.25, 0.3) is 0 Å². The summed E-state index contributed by atoms with van der Waals surface area (Å²) in [7, 11) is 6.23. The van der Waals surface area contributed by atoms with E-state index in [9.17, 15) is 0 Å². The summed E-state index contributed by atoms with van der Waals surface area (Å²) < 4.78 is 0. The van der Waals surface area contributed by atoms with E-state index in [1.54, 1.807) is 0 Å².